The van der Waals surface area contributed by atoms with Gasteiger partial charge in [-0.3, -0.25) is 4.98 Å². The number of carbonyl (C=O) groups excluding carboxylic acids is 1. The molecule has 3 rings (SSSR count). The normalized spacial score (nSPS) is 13.0. The van der Waals surface area contributed by atoms with Crippen LogP contribution in [-0.2, 0) is 18.4 Å². The van der Waals surface area contributed by atoms with E-state index in [1.807, 2.05) is 0 Å². The number of aromatic nitrogens is 4. The van der Waals surface area contributed by atoms with Crippen molar-refractivity contribution >= 4 is 5.97 Å². The molecule has 1 aliphatic rings. The SMILES string of the molecule is Cn1nc(COC(=O)c2ccc3c(n2)OCCO3)[nH]c1=O. The second-order valence-corrected chi connectivity index (χ2v) is 4.27. The highest BCUT2D eigenvalue weighted by atomic mass is 16.6. The summed E-state index contributed by atoms with van der Waals surface area (Å²) in [6.45, 7) is 0.685. The van der Waals surface area contributed by atoms with Crippen molar-refractivity contribution in [2.45, 2.75) is 6.61 Å². The number of aromatic amines is 1. The summed E-state index contributed by atoms with van der Waals surface area (Å²) in [4.78, 5) is 29.5. The fourth-order valence-electron chi connectivity index (χ4n) is 1.77. The van der Waals surface area contributed by atoms with Crippen molar-refractivity contribution < 1.29 is 19.0 Å². The molecule has 21 heavy (non-hydrogen) atoms. The van der Waals surface area contributed by atoms with Gasteiger partial charge < -0.3 is 14.2 Å². The minimum Gasteiger partial charge on any atom is -0.484 e. The van der Waals surface area contributed by atoms with Gasteiger partial charge in [-0.05, 0) is 12.1 Å². The number of aryl methyl sites for hydroxylation is 1. The third-order valence-electron chi connectivity index (χ3n) is 2.77. The number of H-pyrrole nitrogens is 1. The first-order chi connectivity index (χ1) is 10.1. The van der Waals surface area contributed by atoms with E-state index in [-0.39, 0.29) is 29.7 Å². The Labute approximate surface area is 118 Å². The Morgan fingerprint density at radius 2 is 2.24 bits per heavy atom. The quantitative estimate of drug-likeness (QED) is 0.769. The van der Waals surface area contributed by atoms with Crippen LogP contribution in [0.2, 0.25) is 0 Å². The number of ether oxygens (including phenoxy) is 3. The van der Waals surface area contributed by atoms with Gasteiger partial charge in [-0.25, -0.2) is 19.3 Å². The van der Waals surface area contributed by atoms with E-state index in [4.69, 9.17) is 14.2 Å². The first kappa shape index (κ1) is 13.2. The zero-order chi connectivity index (χ0) is 14.8. The van der Waals surface area contributed by atoms with Crippen molar-refractivity contribution in [1.29, 1.82) is 0 Å². The van der Waals surface area contributed by atoms with E-state index in [0.29, 0.717) is 19.0 Å². The Bertz CT molecular complexity index is 735. The molecule has 0 saturated carbocycles. The van der Waals surface area contributed by atoms with Crippen LogP contribution >= 0.6 is 0 Å². The van der Waals surface area contributed by atoms with Gasteiger partial charge in [-0.15, -0.1) is 0 Å². The Morgan fingerprint density at radius 1 is 1.43 bits per heavy atom. The topological polar surface area (TPSA) is 108 Å². The monoisotopic (exact) mass is 292 g/mol. The second-order valence-electron chi connectivity index (χ2n) is 4.27. The van der Waals surface area contributed by atoms with Crippen LogP contribution in [0.1, 0.15) is 16.3 Å². The molecule has 0 atom stereocenters. The number of fused-ring (bicyclic) bond motifs is 1. The smallest absolute Gasteiger partial charge is 0.357 e. The summed E-state index contributed by atoms with van der Waals surface area (Å²) in [5, 5.41) is 3.85. The lowest BCUT2D eigenvalue weighted by atomic mass is 10.3. The lowest BCUT2D eigenvalue weighted by molar-refractivity contribution is 0.0452. The summed E-state index contributed by atoms with van der Waals surface area (Å²) in [7, 11) is 1.49. The molecule has 0 spiro atoms. The average molecular weight is 292 g/mol. The van der Waals surface area contributed by atoms with Gasteiger partial charge in [-0.1, -0.05) is 0 Å². The molecule has 0 fully saturated rings. The predicted molar refractivity (Wildman–Crippen MR) is 68.2 cm³/mol. The Balaban J connectivity index is 1.69. The maximum atomic E-state index is 11.9. The van der Waals surface area contributed by atoms with E-state index in [2.05, 4.69) is 15.1 Å². The number of hydrogen-bond donors (Lipinski definition) is 1. The van der Waals surface area contributed by atoms with Crippen molar-refractivity contribution in [3.63, 3.8) is 0 Å². The summed E-state index contributed by atoms with van der Waals surface area (Å²) >= 11 is 0. The molecule has 3 heterocycles. The van der Waals surface area contributed by atoms with Crippen LogP contribution in [0.5, 0.6) is 11.6 Å². The fourth-order valence-corrected chi connectivity index (χ4v) is 1.77. The van der Waals surface area contributed by atoms with E-state index in [1.54, 1.807) is 6.07 Å². The summed E-state index contributed by atoms with van der Waals surface area (Å²) < 4.78 is 16.7. The highest BCUT2D eigenvalue weighted by Gasteiger charge is 2.18. The standard InChI is InChI=1S/C12H12N4O5/c1-16-12(18)14-9(15-16)6-21-11(17)7-2-3-8-10(13-7)20-5-4-19-8/h2-3H,4-6H2,1H3,(H,14,15,18). The van der Waals surface area contributed by atoms with Crippen LogP contribution in [0.25, 0.3) is 0 Å². The Hall–Kier alpha value is -2.84. The van der Waals surface area contributed by atoms with Gasteiger partial charge in [0.2, 0.25) is 0 Å². The number of esters is 1. The molecule has 0 aliphatic carbocycles. The molecule has 1 N–H and O–H groups in total. The molecule has 0 unspecified atom stereocenters. The molecule has 1 aliphatic heterocycles. The van der Waals surface area contributed by atoms with Crippen molar-refractivity contribution in [1.82, 2.24) is 19.7 Å². The maximum absolute atomic E-state index is 11.9. The number of rotatable bonds is 3. The molecule has 2 aromatic rings. The fraction of sp³-hybridized carbons (Fsp3) is 0.333. The molecule has 0 bridgehead atoms. The molecule has 110 valence electrons. The molecule has 0 radical (unpaired) electrons. The van der Waals surface area contributed by atoms with Gasteiger partial charge >= 0.3 is 11.7 Å². The largest absolute Gasteiger partial charge is 0.484 e. The third kappa shape index (κ3) is 2.71. The van der Waals surface area contributed by atoms with Crippen LogP contribution < -0.4 is 15.2 Å². The molecule has 0 amide bonds. The molecule has 2 aromatic heterocycles. The molecular weight excluding hydrogens is 280 g/mol. The second kappa shape index (κ2) is 5.27. The minimum atomic E-state index is -0.640. The van der Waals surface area contributed by atoms with Crippen LogP contribution in [-0.4, -0.2) is 38.9 Å². The lowest BCUT2D eigenvalue weighted by Crippen LogP contribution is -2.18. The highest BCUT2D eigenvalue weighted by Crippen LogP contribution is 2.27. The molecular formula is C12H12N4O5. The first-order valence-electron chi connectivity index (χ1n) is 6.19. The summed E-state index contributed by atoms with van der Waals surface area (Å²) in [6, 6.07) is 3.08. The number of nitrogens with one attached hydrogen (secondary N) is 1. The van der Waals surface area contributed by atoms with E-state index in [9.17, 15) is 9.59 Å². The highest BCUT2D eigenvalue weighted by molar-refractivity contribution is 5.87. The van der Waals surface area contributed by atoms with Crippen LogP contribution in [0.4, 0.5) is 0 Å². The zero-order valence-corrected chi connectivity index (χ0v) is 11.2. The molecule has 0 aromatic carbocycles. The number of pyridine rings is 1. The minimum absolute atomic E-state index is 0.0949. The van der Waals surface area contributed by atoms with Crippen molar-refractivity contribution in [3.05, 3.63) is 34.1 Å². The van der Waals surface area contributed by atoms with Crippen molar-refractivity contribution in [2.24, 2.45) is 7.05 Å². The van der Waals surface area contributed by atoms with Crippen LogP contribution in [0.15, 0.2) is 16.9 Å². The first-order valence-corrected chi connectivity index (χ1v) is 6.19. The maximum Gasteiger partial charge on any atom is 0.357 e. The third-order valence-corrected chi connectivity index (χ3v) is 2.77. The summed E-state index contributed by atoms with van der Waals surface area (Å²) in [5.74, 6) is 0.376. The van der Waals surface area contributed by atoms with Gasteiger partial charge in [0, 0.05) is 7.05 Å². The summed E-state index contributed by atoms with van der Waals surface area (Å²) in [5.41, 5.74) is -0.281. The molecule has 9 nitrogen and oxygen atoms in total. The van der Waals surface area contributed by atoms with Gasteiger partial charge in [0.05, 0.1) is 0 Å². The van der Waals surface area contributed by atoms with Gasteiger partial charge in [-0.2, -0.15) is 5.10 Å². The Kier molecular flexibility index (Phi) is 3.30. The predicted octanol–water partition coefficient (Wildman–Crippen LogP) is -0.368. The lowest BCUT2D eigenvalue weighted by Gasteiger charge is -2.17. The van der Waals surface area contributed by atoms with Crippen LogP contribution in [0.3, 0.4) is 0 Å². The van der Waals surface area contributed by atoms with E-state index < -0.39 is 5.97 Å². The number of hydrogen-bond acceptors (Lipinski definition) is 7. The van der Waals surface area contributed by atoms with Crippen LogP contribution in [0, 0.1) is 0 Å². The van der Waals surface area contributed by atoms with Crippen molar-refractivity contribution in [3.8, 4) is 11.6 Å². The molecule has 9 heteroatoms. The van der Waals surface area contributed by atoms with Crippen molar-refractivity contribution in [2.75, 3.05) is 13.2 Å². The number of nitrogens with zero attached hydrogens (tertiary/aromatic N) is 3. The zero-order valence-electron chi connectivity index (χ0n) is 11.2. The van der Waals surface area contributed by atoms with Gasteiger partial charge in [0.1, 0.15) is 13.2 Å². The number of carbonyl (C=O) groups is 1. The average Bonchev–Trinajstić information content (AvgIpc) is 2.83. The van der Waals surface area contributed by atoms with E-state index >= 15 is 0 Å². The van der Waals surface area contributed by atoms with E-state index in [0.717, 1.165) is 4.68 Å². The summed E-state index contributed by atoms with van der Waals surface area (Å²) in [6.07, 6.45) is 0. The van der Waals surface area contributed by atoms with Gasteiger partial charge in [0.25, 0.3) is 5.88 Å². The van der Waals surface area contributed by atoms with Gasteiger partial charge in [0.15, 0.2) is 23.9 Å². The molecule has 0 saturated heterocycles. The Morgan fingerprint density at radius 3 is 3.00 bits per heavy atom. The van der Waals surface area contributed by atoms with E-state index in [1.165, 1.54) is 13.1 Å².